The highest BCUT2D eigenvalue weighted by molar-refractivity contribution is 5.76. The third-order valence-electron chi connectivity index (χ3n) is 5.47. The first-order chi connectivity index (χ1) is 15.6. The molecular formula is C23H24F4N2O4. The van der Waals surface area contributed by atoms with Crippen molar-refractivity contribution in [2.24, 2.45) is 0 Å². The highest BCUT2D eigenvalue weighted by Crippen LogP contribution is 2.30. The van der Waals surface area contributed by atoms with E-state index >= 15 is 0 Å². The first kappa shape index (κ1) is 24.3. The minimum atomic E-state index is -4.81. The van der Waals surface area contributed by atoms with E-state index in [2.05, 4.69) is 10.1 Å². The van der Waals surface area contributed by atoms with Gasteiger partial charge in [-0.25, -0.2) is 9.18 Å². The molecule has 0 aliphatic heterocycles. The van der Waals surface area contributed by atoms with Gasteiger partial charge in [0.05, 0.1) is 0 Å². The molecule has 0 spiro atoms. The van der Waals surface area contributed by atoms with Gasteiger partial charge in [0.1, 0.15) is 17.3 Å². The molecule has 0 bridgehead atoms. The van der Waals surface area contributed by atoms with E-state index in [1.54, 1.807) is 14.0 Å². The molecule has 1 fully saturated rings. The number of carbonyl (C=O) groups excluding carboxylic acids is 2. The predicted molar refractivity (Wildman–Crippen MR) is 112 cm³/mol. The van der Waals surface area contributed by atoms with Gasteiger partial charge < -0.3 is 19.7 Å². The molecular weight excluding hydrogens is 444 g/mol. The number of nitrogens with zero attached hydrogens (tertiary/aromatic N) is 1. The summed E-state index contributed by atoms with van der Waals surface area (Å²) in [5.41, 5.74) is 0.468. The molecule has 0 radical (unpaired) electrons. The number of alkyl halides is 3. The van der Waals surface area contributed by atoms with Crippen LogP contribution in [0.2, 0.25) is 0 Å². The molecule has 1 N–H and O–H groups in total. The van der Waals surface area contributed by atoms with Crippen LogP contribution in [-0.4, -0.2) is 42.4 Å². The van der Waals surface area contributed by atoms with E-state index in [1.165, 1.54) is 29.2 Å². The van der Waals surface area contributed by atoms with E-state index in [0.717, 1.165) is 24.6 Å². The smallest absolute Gasteiger partial charge is 0.410 e. The van der Waals surface area contributed by atoms with Crippen LogP contribution >= 0.6 is 0 Å². The molecule has 0 unspecified atom stereocenters. The van der Waals surface area contributed by atoms with E-state index in [1.807, 2.05) is 0 Å². The van der Waals surface area contributed by atoms with Crippen LogP contribution in [0, 0.1) is 5.82 Å². The van der Waals surface area contributed by atoms with Gasteiger partial charge in [-0.05, 0) is 49.1 Å². The molecule has 3 rings (SSSR count). The molecule has 6 nitrogen and oxygen atoms in total. The standard InChI is InChI=1S/C23H24F4N2O4/c1-3-21(30)28-15-6-7-16(12-15)29(2)22(31)32-18-10-11-19(20(24)13-18)14-4-8-17(9-5-14)33-23(25,26)27/h4-5,8-11,13,15-16H,3,6-7,12H2,1-2H3,(H,28,30)/t15-,16+/m0/s1. The number of hydrogen-bond donors (Lipinski definition) is 1. The van der Waals surface area contributed by atoms with Crippen molar-refractivity contribution >= 4 is 12.0 Å². The van der Waals surface area contributed by atoms with Crippen LogP contribution in [0.25, 0.3) is 11.1 Å². The molecule has 2 amide bonds. The van der Waals surface area contributed by atoms with Crippen molar-refractivity contribution < 1.29 is 36.6 Å². The van der Waals surface area contributed by atoms with Crippen molar-refractivity contribution in [1.82, 2.24) is 10.2 Å². The van der Waals surface area contributed by atoms with Crippen molar-refractivity contribution in [2.45, 2.75) is 51.1 Å². The Morgan fingerprint density at radius 1 is 1.09 bits per heavy atom. The van der Waals surface area contributed by atoms with Gasteiger partial charge in [-0.1, -0.05) is 19.1 Å². The van der Waals surface area contributed by atoms with Crippen molar-refractivity contribution in [1.29, 1.82) is 0 Å². The second kappa shape index (κ2) is 10.1. The van der Waals surface area contributed by atoms with E-state index in [0.29, 0.717) is 24.8 Å². The van der Waals surface area contributed by atoms with Crippen molar-refractivity contribution in [2.75, 3.05) is 7.05 Å². The van der Waals surface area contributed by atoms with Gasteiger partial charge in [-0.15, -0.1) is 13.2 Å². The SMILES string of the molecule is CCC(=O)N[C@H]1CC[C@@H](N(C)C(=O)Oc2ccc(-c3ccc(OC(F)(F)F)cc3)c(F)c2)C1. The fraction of sp³-hybridized carbons (Fsp3) is 0.391. The summed E-state index contributed by atoms with van der Waals surface area (Å²) >= 11 is 0. The number of hydrogen-bond acceptors (Lipinski definition) is 4. The van der Waals surface area contributed by atoms with Crippen LogP contribution in [-0.2, 0) is 4.79 Å². The number of amides is 2. The highest BCUT2D eigenvalue weighted by atomic mass is 19.4. The zero-order valence-corrected chi connectivity index (χ0v) is 18.1. The summed E-state index contributed by atoms with van der Waals surface area (Å²) in [5, 5.41) is 2.91. The third kappa shape index (κ3) is 6.59. The Bertz CT molecular complexity index is 995. The quantitative estimate of drug-likeness (QED) is 0.587. The lowest BCUT2D eigenvalue weighted by Crippen LogP contribution is -2.39. The fourth-order valence-electron chi connectivity index (χ4n) is 3.72. The van der Waals surface area contributed by atoms with Gasteiger partial charge in [0, 0.05) is 37.2 Å². The minimum Gasteiger partial charge on any atom is -0.410 e. The molecule has 0 saturated heterocycles. The Hall–Kier alpha value is -3.30. The van der Waals surface area contributed by atoms with Crippen LogP contribution in [0.1, 0.15) is 32.6 Å². The zero-order chi connectivity index (χ0) is 24.2. The predicted octanol–water partition coefficient (Wildman–Crippen LogP) is 5.27. The summed E-state index contributed by atoms with van der Waals surface area (Å²) in [6.45, 7) is 1.77. The van der Waals surface area contributed by atoms with Crippen LogP contribution in [0.15, 0.2) is 42.5 Å². The first-order valence-electron chi connectivity index (χ1n) is 10.5. The Morgan fingerprint density at radius 3 is 2.36 bits per heavy atom. The maximum absolute atomic E-state index is 14.6. The van der Waals surface area contributed by atoms with Crippen molar-refractivity contribution in [3.8, 4) is 22.6 Å². The minimum absolute atomic E-state index is 0.000965. The van der Waals surface area contributed by atoms with Crippen molar-refractivity contribution in [3.63, 3.8) is 0 Å². The number of benzene rings is 2. The summed E-state index contributed by atoms with van der Waals surface area (Å²) < 4.78 is 60.5. The molecule has 1 aliphatic rings. The van der Waals surface area contributed by atoms with Crippen LogP contribution in [0.3, 0.4) is 0 Å². The van der Waals surface area contributed by atoms with Crippen LogP contribution < -0.4 is 14.8 Å². The lowest BCUT2D eigenvalue weighted by Gasteiger charge is -2.24. The highest BCUT2D eigenvalue weighted by Gasteiger charge is 2.32. The number of halogens is 4. The molecule has 2 aromatic carbocycles. The van der Waals surface area contributed by atoms with Crippen molar-refractivity contribution in [3.05, 3.63) is 48.3 Å². The number of ether oxygens (including phenoxy) is 2. The van der Waals surface area contributed by atoms with E-state index in [9.17, 15) is 27.2 Å². The van der Waals surface area contributed by atoms with Gasteiger partial charge in [-0.3, -0.25) is 4.79 Å². The van der Waals surface area contributed by atoms with E-state index in [-0.39, 0.29) is 29.3 Å². The number of nitrogens with one attached hydrogen (secondary N) is 1. The fourth-order valence-corrected chi connectivity index (χ4v) is 3.72. The average molecular weight is 468 g/mol. The van der Waals surface area contributed by atoms with Gasteiger partial charge in [0.25, 0.3) is 0 Å². The lowest BCUT2D eigenvalue weighted by molar-refractivity contribution is -0.274. The summed E-state index contributed by atoms with van der Waals surface area (Å²) in [6, 6.07) is 8.49. The molecule has 2 aromatic rings. The summed E-state index contributed by atoms with van der Waals surface area (Å²) in [4.78, 5) is 25.5. The summed E-state index contributed by atoms with van der Waals surface area (Å²) in [7, 11) is 1.59. The number of rotatable bonds is 6. The van der Waals surface area contributed by atoms with Gasteiger partial charge >= 0.3 is 12.5 Å². The largest absolute Gasteiger partial charge is 0.573 e. The maximum atomic E-state index is 14.6. The Kier molecular flexibility index (Phi) is 7.45. The van der Waals surface area contributed by atoms with Crippen LogP contribution in [0.5, 0.6) is 11.5 Å². The first-order valence-corrected chi connectivity index (χ1v) is 10.5. The van der Waals surface area contributed by atoms with Gasteiger partial charge in [-0.2, -0.15) is 0 Å². The van der Waals surface area contributed by atoms with Gasteiger partial charge in [0.15, 0.2) is 0 Å². The molecule has 0 heterocycles. The van der Waals surface area contributed by atoms with E-state index < -0.39 is 24.0 Å². The monoisotopic (exact) mass is 468 g/mol. The topological polar surface area (TPSA) is 67.9 Å². The molecule has 33 heavy (non-hydrogen) atoms. The van der Waals surface area contributed by atoms with Gasteiger partial charge in [0.2, 0.25) is 5.91 Å². The molecule has 2 atom stereocenters. The second-order valence-corrected chi connectivity index (χ2v) is 7.78. The molecule has 10 heteroatoms. The van der Waals surface area contributed by atoms with E-state index in [4.69, 9.17) is 4.74 Å². The Morgan fingerprint density at radius 2 is 1.76 bits per heavy atom. The molecule has 1 saturated carbocycles. The Balaban J connectivity index is 1.61. The lowest BCUT2D eigenvalue weighted by atomic mass is 10.0. The zero-order valence-electron chi connectivity index (χ0n) is 18.1. The second-order valence-electron chi connectivity index (χ2n) is 7.78. The number of carbonyl (C=O) groups is 2. The average Bonchev–Trinajstić information content (AvgIpc) is 3.21. The summed E-state index contributed by atoms with van der Waals surface area (Å²) in [5.74, 6) is -1.15. The normalized spacial score (nSPS) is 18.0. The Labute approximate surface area is 188 Å². The third-order valence-corrected chi connectivity index (χ3v) is 5.47. The molecule has 1 aliphatic carbocycles. The molecule has 0 aromatic heterocycles. The van der Waals surface area contributed by atoms with Crippen LogP contribution in [0.4, 0.5) is 22.4 Å². The summed E-state index contributed by atoms with van der Waals surface area (Å²) in [6.07, 6.45) is -2.99. The maximum Gasteiger partial charge on any atom is 0.573 e. The molecule has 178 valence electrons.